The molecule has 148 valence electrons. The number of hydrogen-bond donors (Lipinski definition) is 0. The van der Waals surface area contributed by atoms with Crippen molar-refractivity contribution in [3.63, 3.8) is 0 Å². The van der Waals surface area contributed by atoms with Gasteiger partial charge in [0.2, 0.25) is 10.0 Å². The second-order valence-corrected chi connectivity index (χ2v) is 8.72. The van der Waals surface area contributed by atoms with Gasteiger partial charge in [0.1, 0.15) is 16.5 Å². The molecule has 0 atom stereocenters. The minimum atomic E-state index is -3.50. The van der Waals surface area contributed by atoms with E-state index in [0.29, 0.717) is 54.7 Å². The first-order chi connectivity index (χ1) is 12.9. The molecule has 8 heteroatoms. The lowest BCUT2D eigenvalue weighted by atomic mass is 10.2. The SMILES string of the molecule is Cc1nn(CCCOc2ccc(F)cc2)c(C)c1S(=O)(=O)N1CCCCC1. The van der Waals surface area contributed by atoms with Crippen molar-refractivity contribution < 1.29 is 17.5 Å². The van der Waals surface area contributed by atoms with E-state index in [4.69, 9.17) is 4.74 Å². The molecule has 2 aromatic rings. The molecule has 1 saturated heterocycles. The summed E-state index contributed by atoms with van der Waals surface area (Å²) in [7, 11) is -3.50. The van der Waals surface area contributed by atoms with Gasteiger partial charge in [-0.3, -0.25) is 4.68 Å². The van der Waals surface area contributed by atoms with Crippen molar-refractivity contribution in [2.75, 3.05) is 19.7 Å². The third-order valence-electron chi connectivity index (χ3n) is 4.82. The number of halogens is 1. The van der Waals surface area contributed by atoms with Crippen LogP contribution in [0.3, 0.4) is 0 Å². The fourth-order valence-corrected chi connectivity index (χ4v) is 5.33. The van der Waals surface area contributed by atoms with Gasteiger partial charge in [-0.15, -0.1) is 0 Å². The molecule has 0 amide bonds. The number of aryl methyl sites for hydroxylation is 2. The minimum Gasteiger partial charge on any atom is -0.494 e. The van der Waals surface area contributed by atoms with Gasteiger partial charge < -0.3 is 4.74 Å². The van der Waals surface area contributed by atoms with E-state index in [2.05, 4.69) is 5.10 Å². The molecular weight excluding hydrogens is 369 g/mol. The largest absolute Gasteiger partial charge is 0.494 e. The van der Waals surface area contributed by atoms with E-state index in [1.54, 1.807) is 35.0 Å². The number of ether oxygens (including phenoxy) is 1. The first-order valence-corrected chi connectivity index (χ1v) is 10.8. The van der Waals surface area contributed by atoms with Crippen LogP contribution in [0.15, 0.2) is 29.2 Å². The molecule has 0 radical (unpaired) electrons. The summed E-state index contributed by atoms with van der Waals surface area (Å²) in [4.78, 5) is 0.337. The molecule has 1 aromatic heterocycles. The van der Waals surface area contributed by atoms with E-state index in [9.17, 15) is 12.8 Å². The highest BCUT2D eigenvalue weighted by molar-refractivity contribution is 7.89. The Morgan fingerprint density at radius 1 is 1.11 bits per heavy atom. The molecule has 1 aliphatic rings. The van der Waals surface area contributed by atoms with E-state index in [0.717, 1.165) is 19.3 Å². The molecule has 1 fully saturated rings. The zero-order valence-electron chi connectivity index (χ0n) is 15.8. The van der Waals surface area contributed by atoms with Crippen LogP contribution < -0.4 is 4.74 Å². The summed E-state index contributed by atoms with van der Waals surface area (Å²) in [5.74, 6) is 0.311. The normalized spacial score (nSPS) is 15.8. The molecule has 0 unspecified atom stereocenters. The number of piperidine rings is 1. The lowest BCUT2D eigenvalue weighted by Crippen LogP contribution is -2.36. The van der Waals surface area contributed by atoms with Crippen LogP contribution in [0.25, 0.3) is 0 Å². The third-order valence-corrected chi connectivity index (χ3v) is 6.98. The van der Waals surface area contributed by atoms with Gasteiger partial charge in [0.15, 0.2) is 0 Å². The van der Waals surface area contributed by atoms with Crippen LogP contribution in [0, 0.1) is 19.7 Å². The maximum Gasteiger partial charge on any atom is 0.246 e. The summed E-state index contributed by atoms with van der Waals surface area (Å²) in [5, 5.41) is 4.43. The van der Waals surface area contributed by atoms with E-state index in [1.165, 1.54) is 12.1 Å². The molecule has 6 nitrogen and oxygen atoms in total. The maximum atomic E-state index is 13.0. The smallest absolute Gasteiger partial charge is 0.246 e. The molecule has 0 bridgehead atoms. The Morgan fingerprint density at radius 2 is 1.78 bits per heavy atom. The van der Waals surface area contributed by atoms with E-state index >= 15 is 0 Å². The molecule has 1 aliphatic heterocycles. The van der Waals surface area contributed by atoms with Gasteiger partial charge in [-0.25, -0.2) is 12.8 Å². The van der Waals surface area contributed by atoms with Crippen LogP contribution >= 0.6 is 0 Å². The number of sulfonamides is 1. The number of nitrogens with zero attached hydrogens (tertiary/aromatic N) is 3. The zero-order chi connectivity index (χ0) is 19.4. The van der Waals surface area contributed by atoms with E-state index < -0.39 is 10.0 Å². The Hall–Kier alpha value is -1.93. The van der Waals surface area contributed by atoms with Crippen LogP contribution in [0.4, 0.5) is 4.39 Å². The average molecular weight is 396 g/mol. The summed E-state index contributed by atoms with van der Waals surface area (Å²) >= 11 is 0. The fraction of sp³-hybridized carbons (Fsp3) is 0.526. The van der Waals surface area contributed by atoms with Crippen LogP contribution in [-0.4, -0.2) is 42.2 Å². The molecule has 1 aromatic carbocycles. The molecule has 0 spiro atoms. The molecule has 2 heterocycles. The van der Waals surface area contributed by atoms with Crippen molar-refractivity contribution in [1.29, 1.82) is 0 Å². The Morgan fingerprint density at radius 3 is 2.44 bits per heavy atom. The predicted molar refractivity (Wildman–Crippen MR) is 101 cm³/mol. The standard InChI is InChI=1S/C19H26FN3O3S/c1-15-19(27(24,25)22-11-4-3-5-12-22)16(2)23(21-15)13-6-14-26-18-9-7-17(20)8-10-18/h7-10H,3-6,11-14H2,1-2H3. The molecule has 0 aliphatic carbocycles. The molecule has 0 N–H and O–H groups in total. The molecule has 3 rings (SSSR count). The van der Waals surface area contributed by atoms with Gasteiger partial charge in [-0.05, 0) is 51.0 Å². The van der Waals surface area contributed by atoms with Crippen LogP contribution in [0.2, 0.25) is 0 Å². The molecule has 27 heavy (non-hydrogen) atoms. The van der Waals surface area contributed by atoms with E-state index in [-0.39, 0.29) is 5.82 Å². The average Bonchev–Trinajstić information content (AvgIpc) is 2.95. The Kier molecular flexibility index (Phi) is 6.16. The van der Waals surface area contributed by atoms with Crippen molar-refractivity contribution >= 4 is 10.0 Å². The summed E-state index contributed by atoms with van der Waals surface area (Å²) in [5.41, 5.74) is 1.21. The maximum absolute atomic E-state index is 13.0. The number of rotatable bonds is 7. The topological polar surface area (TPSA) is 64.4 Å². The lowest BCUT2D eigenvalue weighted by Gasteiger charge is -2.26. The van der Waals surface area contributed by atoms with Crippen molar-refractivity contribution in [2.45, 2.75) is 51.0 Å². The minimum absolute atomic E-state index is 0.299. The molecular formula is C19H26FN3O3S. The van der Waals surface area contributed by atoms with Crippen molar-refractivity contribution in [3.05, 3.63) is 41.5 Å². The van der Waals surface area contributed by atoms with Gasteiger partial charge in [-0.1, -0.05) is 6.42 Å². The summed E-state index contributed by atoms with van der Waals surface area (Å²) in [6, 6.07) is 5.88. The number of aromatic nitrogens is 2. The lowest BCUT2D eigenvalue weighted by molar-refractivity contribution is 0.297. The van der Waals surface area contributed by atoms with Gasteiger partial charge in [0, 0.05) is 26.1 Å². The van der Waals surface area contributed by atoms with Crippen molar-refractivity contribution in [3.8, 4) is 5.75 Å². The molecule has 0 saturated carbocycles. The fourth-order valence-electron chi connectivity index (χ4n) is 3.44. The van der Waals surface area contributed by atoms with Gasteiger partial charge in [0.25, 0.3) is 0 Å². The summed E-state index contributed by atoms with van der Waals surface area (Å²) in [6.07, 6.45) is 3.57. The number of hydrogen-bond acceptors (Lipinski definition) is 4. The Bertz CT molecular complexity index is 872. The van der Waals surface area contributed by atoms with Crippen LogP contribution in [-0.2, 0) is 16.6 Å². The highest BCUT2D eigenvalue weighted by Gasteiger charge is 2.31. The van der Waals surface area contributed by atoms with Crippen LogP contribution in [0.5, 0.6) is 5.75 Å². The quantitative estimate of drug-likeness (QED) is 0.675. The summed E-state index contributed by atoms with van der Waals surface area (Å²) in [6.45, 7) is 5.71. The van der Waals surface area contributed by atoms with Gasteiger partial charge in [-0.2, -0.15) is 9.40 Å². The second-order valence-electron chi connectivity index (χ2n) is 6.84. The first-order valence-electron chi connectivity index (χ1n) is 9.32. The van der Waals surface area contributed by atoms with Gasteiger partial charge in [0.05, 0.1) is 18.0 Å². The van der Waals surface area contributed by atoms with Gasteiger partial charge >= 0.3 is 0 Å². The zero-order valence-corrected chi connectivity index (χ0v) is 16.6. The number of benzene rings is 1. The monoisotopic (exact) mass is 395 g/mol. The van der Waals surface area contributed by atoms with Crippen molar-refractivity contribution in [1.82, 2.24) is 14.1 Å². The third kappa shape index (κ3) is 4.50. The predicted octanol–water partition coefficient (Wildman–Crippen LogP) is 3.28. The van der Waals surface area contributed by atoms with Crippen LogP contribution in [0.1, 0.15) is 37.1 Å². The Balaban J connectivity index is 1.64. The van der Waals surface area contributed by atoms with E-state index in [1.807, 2.05) is 0 Å². The second kappa shape index (κ2) is 8.39. The highest BCUT2D eigenvalue weighted by atomic mass is 32.2. The summed E-state index contributed by atoms with van der Waals surface area (Å²) < 4.78 is 47.8. The Labute approximate surface area is 160 Å². The highest BCUT2D eigenvalue weighted by Crippen LogP contribution is 2.26. The first kappa shape index (κ1) is 19.8. The van der Waals surface area contributed by atoms with Crippen molar-refractivity contribution in [2.24, 2.45) is 0 Å².